The zero-order chi connectivity index (χ0) is 18.5. The molecule has 0 amide bonds. The average Bonchev–Trinajstić information content (AvgIpc) is 2.63. The summed E-state index contributed by atoms with van der Waals surface area (Å²) in [5.74, 6) is 0.313. The van der Waals surface area contributed by atoms with Gasteiger partial charge in [0.15, 0.2) is 5.11 Å². The van der Waals surface area contributed by atoms with Crippen LogP contribution in [0.25, 0.3) is 0 Å². The third-order valence-electron chi connectivity index (χ3n) is 4.59. The first-order valence-electron chi connectivity index (χ1n) is 8.85. The molecule has 0 saturated carbocycles. The molecule has 1 saturated heterocycles. The Morgan fingerprint density at radius 1 is 1.27 bits per heavy atom. The summed E-state index contributed by atoms with van der Waals surface area (Å²) in [6, 6.07) is 13.0. The highest BCUT2D eigenvalue weighted by Gasteiger charge is 2.16. The summed E-state index contributed by atoms with van der Waals surface area (Å²) in [5.41, 5.74) is 3.09. The number of hydrogen-bond acceptors (Lipinski definition) is 2. The van der Waals surface area contributed by atoms with Crippen LogP contribution in [0.3, 0.4) is 0 Å². The molecule has 3 nitrogen and oxygen atoms in total. The van der Waals surface area contributed by atoms with Gasteiger partial charge in [0.05, 0.1) is 5.02 Å². The summed E-state index contributed by atoms with van der Waals surface area (Å²) >= 11 is 11.1. The van der Waals surface area contributed by atoms with Crippen LogP contribution in [0.2, 0.25) is 5.02 Å². The maximum Gasteiger partial charge on any atom is 0.171 e. The molecule has 0 unspecified atom stereocenters. The van der Waals surface area contributed by atoms with Crippen molar-refractivity contribution in [1.82, 2.24) is 5.32 Å². The monoisotopic (exact) mass is 391 g/mol. The summed E-state index contributed by atoms with van der Waals surface area (Å²) in [5, 5.41) is 6.71. The fourth-order valence-corrected chi connectivity index (χ4v) is 3.55. The van der Waals surface area contributed by atoms with Gasteiger partial charge in [0.25, 0.3) is 0 Å². The van der Waals surface area contributed by atoms with Crippen LogP contribution >= 0.6 is 23.8 Å². The number of piperidine rings is 1. The third-order valence-corrected chi connectivity index (χ3v) is 5.13. The predicted molar refractivity (Wildman–Crippen MR) is 112 cm³/mol. The summed E-state index contributed by atoms with van der Waals surface area (Å²) in [7, 11) is 0. The van der Waals surface area contributed by atoms with E-state index in [1.807, 2.05) is 0 Å². The number of hydrogen-bond donors (Lipinski definition) is 2. The fraction of sp³-hybridized carbons (Fsp3) is 0.350. The Balaban J connectivity index is 1.51. The maximum absolute atomic E-state index is 13.2. The van der Waals surface area contributed by atoms with Crippen molar-refractivity contribution < 1.29 is 4.39 Å². The summed E-state index contributed by atoms with van der Waals surface area (Å²) < 4.78 is 13.2. The highest BCUT2D eigenvalue weighted by Crippen LogP contribution is 2.23. The molecule has 1 atom stereocenters. The Morgan fingerprint density at radius 2 is 2.04 bits per heavy atom. The molecule has 0 bridgehead atoms. The highest BCUT2D eigenvalue weighted by molar-refractivity contribution is 7.80. The lowest BCUT2D eigenvalue weighted by molar-refractivity contribution is 0.447. The second kappa shape index (κ2) is 8.69. The van der Waals surface area contributed by atoms with Crippen LogP contribution in [0, 0.1) is 11.7 Å². The van der Waals surface area contributed by atoms with E-state index in [0.29, 0.717) is 17.3 Å². The van der Waals surface area contributed by atoms with Crippen molar-refractivity contribution in [1.29, 1.82) is 0 Å². The van der Waals surface area contributed by atoms with Crippen molar-refractivity contribution in [2.45, 2.75) is 26.3 Å². The molecule has 2 N–H and O–H groups in total. The van der Waals surface area contributed by atoms with Gasteiger partial charge in [-0.3, -0.25) is 0 Å². The van der Waals surface area contributed by atoms with Crippen LogP contribution in [0.1, 0.15) is 25.3 Å². The molecule has 2 aromatic carbocycles. The van der Waals surface area contributed by atoms with Crippen molar-refractivity contribution in [3.05, 3.63) is 58.9 Å². The standard InChI is InChI=1S/C20H23ClFN3S/c1-14-3-2-10-25(13-14)17-7-4-15(5-8-17)12-23-20(26)24-16-6-9-19(22)18(21)11-16/h4-9,11,14H,2-3,10,12-13H2,1H3,(H2,23,24,26)/t14-/m1/s1. The van der Waals surface area contributed by atoms with E-state index in [4.69, 9.17) is 23.8 Å². The van der Waals surface area contributed by atoms with Gasteiger partial charge in [-0.2, -0.15) is 0 Å². The normalized spacial score (nSPS) is 17.0. The summed E-state index contributed by atoms with van der Waals surface area (Å²) in [6.45, 7) is 5.20. The van der Waals surface area contributed by atoms with E-state index in [1.165, 1.54) is 30.7 Å². The number of rotatable bonds is 4. The highest BCUT2D eigenvalue weighted by atomic mass is 35.5. The average molecular weight is 392 g/mol. The lowest BCUT2D eigenvalue weighted by Gasteiger charge is -2.32. The van der Waals surface area contributed by atoms with Gasteiger partial charge in [0.2, 0.25) is 0 Å². The van der Waals surface area contributed by atoms with Crippen LogP contribution in [-0.4, -0.2) is 18.2 Å². The molecule has 1 aliphatic heterocycles. The van der Waals surface area contributed by atoms with Gasteiger partial charge >= 0.3 is 0 Å². The predicted octanol–water partition coefficient (Wildman–Crippen LogP) is 5.20. The molecule has 0 radical (unpaired) electrons. The van der Waals surface area contributed by atoms with E-state index in [0.717, 1.165) is 24.6 Å². The smallest absolute Gasteiger partial charge is 0.171 e. The van der Waals surface area contributed by atoms with Gasteiger partial charge in [0, 0.05) is 31.0 Å². The van der Waals surface area contributed by atoms with Gasteiger partial charge in [-0.15, -0.1) is 0 Å². The van der Waals surface area contributed by atoms with Crippen molar-refractivity contribution >= 4 is 40.3 Å². The van der Waals surface area contributed by atoms with Gasteiger partial charge in [-0.05, 0) is 66.9 Å². The Kier molecular flexibility index (Phi) is 6.33. The van der Waals surface area contributed by atoms with E-state index >= 15 is 0 Å². The number of thiocarbonyl (C=S) groups is 1. The molecule has 1 heterocycles. The fourth-order valence-electron chi connectivity index (χ4n) is 3.18. The largest absolute Gasteiger partial charge is 0.371 e. The van der Waals surface area contributed by atoms with Gasteiger partial charge in [0.1, 0.15) is 5.82 Å². The molecule has 0 aromatic heterocycles. The molecular weight excluding hydrogens is 369 g/mol. The minimum Gasteiger partial charge on any atom is -0.371 e. The molecular formula is C20H23ClFN3S. The maximum atomic E-state index is 13.2. The van der Waals surface area contributed by atoms with Crippen molar-refractivity contribution in [3.63, 3.8) is 0 Å². The van der Waals surface area contributed by atoms with Crippen LogP contribution in [-0.2, 0) is 6.54 Å². The van der Waals surface area contributed by atoms with Gasteiger partial charge in [-0.25, -0.2) is 4.39 Å². The molecule has 0 spiro atoms. The molecule has 6 heteroatoms. The number of nitrogens with one attached hydrogen (secondary N) is 2. The van der Waals surface area contributed by atoms with Gasteiger partial charge in [-0.1, -0.05) is 30.7 Å². The van der Waals surface area contributed by atoms with Crippen LogP contribution in [0.5, 0.6) is 0 Å². The first kappa shape index (κ1) is 18.9. The first-order chi connectivity index (χ1) is 12.5. The Morgan fingerprint density at radius 3 is 2.73 bits per heavy atom. The molecule has 26 heavy (non-hydrogen) atoms. The number of benzene rings is 2. The molecule has 0 aliphatic carbocycles. The second-order valence-corrected chi connectivity index (χ2v) is 7.61. The van der Waals surface area contributed by atoms with Gasteiger partial charge < -0.3 is 15.5 Å². The molecule has 2 aromatic rings. The Bertz CT molecular complexity index is 766. The van der Waals surface area contributed by atoms with Crippen molar-refractivity contribution in [2.24, 2.45) is 5.92 Å². The van der Waals surface area contributed by atoms with Crippen LogP contribution in [0.15, 0.2) is 42.5 Å². The summed E-state index contributed by atoms with van der Waals surface area (Å²) in [6.07, 6.45) is 2.58. The van der Waals surface area contributed by atoms with E-state index in [2.05, 4.69) is 46.7 Å². The number of halogens is 2. The molecule has 3 rings (SSSR count). The SMILES string of the molecule is C[C@@H]1CCCN(c2ccc(CNC(=S)Nc3ccc(F)c(Cl)c3)cc2)C1. The summed E-state index contributed by atoms with van der Waals surface area (Å²) in [4.78, 5) is 2.45. The van der Waals surface area contributed by atoms with Crippen molar-refractivity contribution in [2.75, 3.05) is 23.3 Å². The Labute approximate surface area is 164 Å². The number of anilines is 2. The Hall–Kier alpha value is -1.85. The minimum atomic E-state index is -0.445. The van der Waals surface area contributed by atoms with Crippen LogP contribution in [0.4, 0.5) is 15.8 Å². The third kappa shape index (κ3) is 5.08. The van der Waals surface area contributed by atoms with E-state index in [-0.39, 0.29) is 5.02 Å². The molecule has 1 fully saturated rings. The minimum absolute atomic E-state index is 0.0698. The van der Waals surface area contributed by atoms with Crippen LogP contribution < -0.4 is 15.5 Å². The van der Waals surface area contributed by atoms with E-state index in [9.17, 15) is 4.39 Å². The second-order valence-electron chi connectivity index (χ2n) is 6.80. The quantitative estimate of drug-likeness (QED) is 0.700. The lowest BCUT2D eigenvalue weighted by atomic mass is 9.99. The first-order valence-corrected chi connectivity index (χ1v) is 9.63. The number of nitrogens with zero attached hydrogens (tertiary/aromatic N) is 1. The van der Waals surface area contributed by atoms with E-state index in [1.54, 1.807) is 6.07 Å². The topological polar surface area (TPSA) is 27.3 Å². The molecule has 138 valence electrons. The van der Waals surface area contributed by atoms with Crippen molar-refractivity contribution in [3.8, 4) is 0 Å². The van der Waals surface area contributed by atoms with E-state index < -0.39 is 5.82 Å². The zero-order valence-corrected chi connectivity index (χ0v) is 16.3. The zero-order valence-electron chi connectivity index (χ0n) is 14.8. The molecule has 1 aliphatic rings. The lowest BCUT2D eigenvalue weighted by Crippen LogP contribution is -2.34.